The fourth-order valence-electron chi connectivity index (χ4n) is 1.47. The van der Waals surface area contributed by atoms with Gasteiger partial charge in [-0.3, -0.25) is 4.79 Å². The second-order valence-electron chi connectivity index (χ2n) is 3.77. The van der Waals surface area contributed by atoms with Crippen molar-refractivity contribution in [2.24, 2.45) is 5.73 Å². The van der Waals surface area contributed by atoms with Crippen LogP contribution in [0.5, 0.6) is 0 Å². The second kappa shape index (κ2) is 5.33. The average Bonchev–Trinajstić information content (AvgIpc) is 2.90. The Morgan fingerprint density at radius 1 is 1.15 bits per heavy atom. The first-order valence-corrected chi connectivity index (χ1v) is 5.37. The minimum absolute atomic E-state index is 0.0184. The van der Waals surface area contributed by atoms with E-state index in [9.17, 15) is 22.4 Å². The van der Waals surface area contributed by atoms with E-state index < -0.39 is 34.9 Å². The molecule has 0 aliphatic heterocycles. The molecule has 0 bridgehead atoms. The Balaban J connectivity index is 2.32. The maximum atomic E-state index is 13.3. The number of nitrogens with one attached hydrogen (secondary N) is 1. The molecule has 2 rings (SSSR count). The van der Waals surface area contributed by atoms with E-state index in [0.29, 0.717) is 0 Å². The molecule has 1 amide bonds. The van der Waals surface area contributed by atoms with Crippen molar-refractivity contribution in [1.29, 1.82) is 0 Å². The molecule has 20 heavy (non-hydrogen) atoms. The third kappa shape index (κ3) is 2.50. The highest BCUT2D eigenvalue weighted by molar-refractivity contribution is 6.02. The normalized spacial score (nSPS) is 10.7. The highest BCUT2D eigenvalue weighted by Gasteiger charge is 2.22. The predicted molar refractivity (Wildman–Crippen MR) is 60.8 cm³/mol. The van der Waals surface area contributed by atoms with Crippen LogP contribution < -0.4 is 11.1 Å². The molecule has 0 aliphatic rings. The number of halogens is 4. The van der Waals surface area contributed by atoms with Gasteiger partial charge in [-0.1, -0.05) is 0 Å². The molecule has 1 heterocycles. The maximum Gasteiger partial charge on any atom is 0.291 e. The Bertz CT molecular complexity index is 643. The van der Waals surface area contributed by atoms with Crippen molar-refractivity contribution in [2.75, 3.05) is 5.32 Å². The molecule has 4 nitrogen and oxygen atoms in total. The van der Waals surface area contributed by atoms with Gasteiger partial charge in [-0.2, -0.15) is 0 Å². The number of benzene rings is 1. The lowest BCUT2D eigenvalue weighted by atomic mass is 10.2. The predicted octanol–water partition coefficient (Wildman–Crippen LogP) is 2.55. The first-order valence-electron chi connectivity index (χ1n) is 5.37. The summed E-state index contributed by atoms with van der Waals surface area (Å²) in [7, 11) is 0. The van der Waals surface area contributed by atoms with Gasteiger partial charge in [0, 0.05) is 6.07 Å². The van der Waals surface area contributed by atoms with Crippen molar-refractivity contribution >= 4 is 11.6 Å². The summed E-state index contributed by atoms with van der Waals surface area (Å²) in [5.74, 6) is -7.75. The Kier molecular flexibility index (Phi) is 3.75. The first kappa shape index (κ1) is 14.1. The molecule has 0 radical (unpaired) electrons. The number of rotatable bonds is 3. The van der Waals surface area contributed by atoms with E-state index in [1.165, 1.54) is 12.1 Å². The van der Waals surface area contributed by atoms with E-state index in [1.807, 2.05) is 0 Å². The van der Waals surface area contributed by atoms with Crippen molar-refractivity contribution in [3.8, 4) is 0 Å². The molecule has 0 saturated carbocycles. The average molecular weight is 288 g/mol. The molecule has 0 fully saturated rings. The van der Waals surface area contributed by atoms with Gasteiger partial charge in [0.25, 0.3) is 5.91 Å². The van der Waals surface area contributed by atoms with Gasteiger partial charge in [0.2, 0.25) is 0 Å². The molecular formula is C12H8F4N2O2. The molecule has 0 aliphatic carbocycles. The van der Waals surface area contributed by atoms with Crippen molar-refractivity contribution in [1.82, 2.24) is 0 Å². The fraction of sp³-hybridized carbons (Fsp3) is 0.0833. The zero-order chi connectivity index (χ0) is 14.9. The van der Waals surface area contributed by atoms with Crippen LogP contribution in [0.1, 0.15) is 16.3 Å². The Labute approximate surface area is 110 Å². The summed E-state index contributed by atoms with van der Waals surface area (Å²) >= 11 is 0. The molecule has 1 aromatic heterocycles. The van der Waals surface area contributed by atoms with E-state index in [4.69, 9.17) is 10.2 Å². The molecule has 1 aromatic carbocycles. The van der Waals surface area contributed by atoms with Crippen LogP contribution >= 0.6 is 0 Å². The van der Waals surface area contributed by atoms with Gasteiger partial charge in [0.1, 0.15) is 11.4 Å². The van der Waals surface area contributed by atoms with Crippen molar-refractivity contribution < 1.29 is 26.8 Å². The van der Waals surface area contributed by atoms with Crippen LogP contribution in [0.3, 0.4) is 0 Å². The largest absolute Gasteiger partial charge is 0.455 e. The minimum Gasteiger partial charge on any atom is -0.455 e. The smallest absolute Gasteiger partial charge is 0.291 e. The molecule has 106 valence electrons. The van der Waals surface area contributed by atoms with Crippen LogP contribution in [0.25, 0.3) is 0 Å². The van der Waals surface area contributed by atoms with E-state index >= 15 is 0 Å². The minimum atomic E-state index is -1.71. The molecule has 0 atom stereocenters. The van der Waals surface area contributed by atoms with E-state index in [0.717, 1.165) is 0 Å². The highest BCUT2D eigenvalue weighted by Crippen LogP contribution is 2.24. The number of anilines is 1. The van der Waals surface area contributed by atoms with Crippen molar-refractivity contribution in [3.63, 3.8) is 0 Å². The van der Waals surface area contributed by atoms with Gasteiger partial charge >= 0.3 is 0 Å². The first-order chi connectivity index (χ1) is 9.43. The number of hydrogen-bond donors (Lipinski definition) is 2. The van der Waals surface area contributed by atoms with Gasteiger partial charge in [-0.05, 0) is 12.1 Å². The lowest BCUT2D eigenvalue weighted by Gasteiger charge is -2.07. The quantitative estimate of drug-likeness (QED) is 0.673. The Morgan fingerprint density at radius 3 is 2.25 bits per heavy atom. The SMILES string of the molecule is NCc1ccc(C(=O)Nc2c(F)c(F)cc(F)c2F)o1. The number of amides is 1. The molecule has 2 aromatic rings. The number of carbonyl (C=O) groups is 1. The molecule has 8 heteroatoms. The summed E-state index contributed by atoms with van der Waals surface area (Å²) in [6.07, 6.45) is 0. The maximum absolute atomic E-state index is 13.3. The van der Waals surface area contributed by atoms with Crippen LogP contribution in [-0.2, 0) is 6.54 Å². The summed E-state index contributed by atoms with van der Waals surface area (Å²) in [6.45, 7) is 0.0184. The van der Waals surface area contributed by atoms with E-state index in [-0.39, 0.29) is 24.1 Å². The van der Waals surface area contributed by atoms with Crippen LogP contribution in [0.2, 0.25) is 0 Å². The molecule has 3 N–H and O–H groups in total. The zero-order valence-corrected chi connectivity index (χ0v) is 9.84. The molecular weight excluding hydrogens is 280 g/mol. The topological polar surface area (TPSA) is 68.3 Å². The van der Waals surface area contributed by atoms with Gasteiger partial charge in [-0.25, -0.2) is 17.6 Å². The number of hydrogen-bond acceptors (Lipinski definition) is 3. The number of furan rings is 1. The Morgan fingerprint density at radius 2 is 1.75 bits per heavy atom. The van der Waals surface area contributed by atoms with Gasteiger partial charge in [0.15, 0.2) is 29.0 Å². The second-order valence-corrected chi connectivity index (χ2v) is 3.77. The summed E-state index contributed by atoms with van der Waals surface area (Å²) in [4.78, 5) is 11.6. The van der Waals surface area contributed by atoms with Crippen LogP contribution in [-0.4, -0.2) is 5.91 Å². The van der Waals surface area contributed by atoms with Gasteiger partial charge in [-0.15, -0.1) is 0 Å². The van der Waals surface area contributed by atoms with Crippen LogP contribution in [0.4, 0.5) is 23.2 Å². The monoisotopic (exact) mass is 288 g/mol. The zero-order valence-electron chi connectivity index (χ0n) is 9.84. The van der Waals surface area contributed by atoms with Gasteiger partial charge < -0.3 is 15.5 Å². The summed E-state index contributed by atoms with van der Waals surface area (Å²) in [6, 6.07) is 2.64. The summed E-state index contributed by atoms with van der Waals surface area (Å²) < 4.78 is 57.5. The summed E-state index contributed by atoms with van der Waals surface area (Å²) in [5, 5.41) is 1.71. The fourth-order valence-corrected chi connectivity index (χ4v) is 1.47. The van der Waals surface area contributed by atoms with Gasteiger partial charge in [0.05, 0.1) is 6.54 Å². The van der Waals surface area contributed by atoms with Crippen LogP contribution in [0.15, 0.2) is 22.6 Å². The molecule has 0 saturated heterocycles. The molecule has 0 unspecified atom stereocenters. The summed E-state index contributed by atoms with van der Waals surface area (Å²) in [5.41, 5.74) is 4.04. The highest BCUT2D eigenvalue weighted by atomic mass is 19.2. The third-order valence-electron chi connectivity index (χ3n) is 2.44. The van der Waals surface area contributed by atoms with Crippen molar-refractivity contribution in [3.05, 3.63) is 53.0 Å². The van der Waals surface area contributed by atoms with E-state index in [1.54, 1.807) is 5.32 Å². The van der Waals surface area contributed by atoms with Crippen LogP contribution in [0, 0.1) is 23.3 Å². The lowest BCUT2D eigenvalue weighted by Crippen LogP contribution is -2.15. The molecule has 0 spiro atoms. The number of carbonyl (C=O) groups excluding carboxylic acids is 1. The number of nitrogens with two attached hydrogens (primary N) is 1. The van der Waals surface area contributed by atoms with E-state index in [2.05, 4.69) is 0 Å². The Hall–Kier alpha value is -2.35. The van der Waals surface area contributed by atoms with Crippen molar-refractivity contribution in [2.45, 2.75) is 6.54 Å². The lowest BCUT2D eigenvalue weighted by molar-refractivity contribution is 0.0994. The third-order valence-corrected chi connectivity index (χ3v) is 2.44. The standard InChI is InChI=1S/C12H8F4N2O2/c13-6-3-7(14)10(16)11(9(6)15)18-12(19)8-2-1-5(4-17)20-8/h1-3H,4,17H2,(H,18,19).